The van der Waals surface area contributed by atoms with E-state index in [-0.39, 0.29) is 16.5 Å². The summed E-state index contributed by atoms with van der Waals surface area (Å²) in [6.07, 6.45) is -2.29. The molecule has 4 N–H and O–H groups in total. The van der Waals surface area contributed by atoms with Crippen LogP contribution in [-0.4, -0.2) is 39.5 Å². The molecule has 2 aliphatic carbocycles. The molecule has 170 valence electrons. The number of ether oxygens (including phenoxy) is 1. The summed E-state index contributed by atoms with van der Waals surface area (Å²) in [5, 5.41) is 20.1. The fraction of sp³-hybridized carbons (Fsp3) is 0.333. The first-order valence-electron chi connectivity index (χ1n) is 9.42. The highest BCUT2D eigenvalue weighted by atomic mass is 35.5. The van der Waals surface area contributed by atoms with Gasteiger partial charge in [-0.15, -0.1) is 0 Å². The molecule has 0 heterocycles. The summed E-state index contributed by atoms with van der Waals surface area (Å²) in [5.41, 5.74) is 2.21. The topological polar surface area (TPSA) is 110 Å². The summed E-state index contributed by atoms with van der Waals surface area (Å²) in [6, 6.07) is 9.44. The zero-order valence-electron chi connectivity index (χ0n) is 16.1. The van der Waals surface area contributed by atoms with Gasteiger partial charge < -0.3 is 20.7 Å². The minimum atomic E-state index is -2.70. The number of benzene rings is 2. The number of hydrogen-bond acceptors (Lipinski definition) is 4. The molecule has 32 heavy (non-hydrogen) atoms. The van der Waals surface area contributed by atoms with E-state index in [4.69, 9.17) is 56.9 Å². The third-order valence-electron chi connectivity index (χ3n) is 6.29. The van der Waals surface area contributed by atoms with Gasteiger partial charge in [-0.05, 0) is 41.8 Å². The molecule has 2 fully saturated rings. The highest BCUT2D eigenvalue weighted by molar-refractivity contribution is 6.42. The molecule has 4 rings (SSSR count). The molecule has 0 unspecified atom stereocenters. The average molecular weight is 523 g/mol. The lowest BCUT2D eigenvalue weighted by Gasteiger charge is -2.34. The highest BCUT2D eigenvalue weighted by Crippen LogP contribution is 2.67. The van der Waals surface area contributed by atoms with E-state index in [9.17, 15) is 24.2 Å². The zero-order valence-corrected chi connectivity index (χ0v) is 19.1. The minimum absolute atomic E-state index is 0.185. The van der Waals surface area contributed by atoms with Crippen molar-refractivity contribution >= 4 is 58.3 Å². The molecule has 0 saturated heterocycles. The lowest BCUT2D eigenvalue weighted by Crippen LogP contribution is -2.60. The molecule has 5 atom stereocenters. The summed E-state index contributed by atoms with van der Waals surface area (Å²) >= 11 is 24.3. The Balaban J connectivity index is 1.74. The van der Waals surface area contributed by atoms with Gasteiger partial charge in [0.05, 0.1) is 26.2 Å². The zero-order chi connectivity index (χ0) is 23.6. The van der Waals surface area contributed by atoms with Gasteiger partial charge in [-0.2, -0.15) is 0 Å². The van der Waals surface area contributed by atoms with Gasteiger partial charge in [0.2, 0.25) is 5.67 Å². The SMILES string of the molecule is N[C@]1(C(=O)O)[C@H]2[C@@H](C[C@H]1OC(c1ccc(Cl)c(Cl)c1)c1ccc(Cl)c(Cl)c1)[C@]2(F)C(=O)O. The van der Waals surface area contributed by atoms with Crippen molar-refractivity contribution in [2.75, 3.05) is 0 Å². The van der Waals surface area contributed by atoms with Gasteiger partial charge in [0.1, 0.15) is 11.6 Å². The van der Waals surface area contributed by atoms with Crippen molar-refractivity contribution in [3.63, 3.8) is 0 Å². The second kappa shape index (κ2) is 8.01. The molecule has 2 aromatic carbocycles. The highest BCUT2D eigenvalue weighted by Gasteiger charge is 2.85. The molecule has 2 aliphatic rings. The Hall–Kier alpha value is -1.61. The van der Waals surface area contributed by atoms with E-state index in [2.05, 4.69) is 0 Å². The normalized spacial score (nSPS) is 30.9. The Labute approximate surface area is 202 Å². The van der Waals surface area contributed by atoms with Gasteiger partial charge in [-0.25, -0.2) is 9.18 Å². The van der Waals surface area contributed by atoms with Gasteiger partial charge in [-0.1, -0.05) is 58.5 Å². The summed E-state index contributed by atoms with van der Waals surface area (Å²) in [6.45, 7) is 0. The summed E-state index contributed by atoms with van der Waals surface area (Å²) in [4.78, 5) is 23.5. The van der Waals surface area contributed by atoms with Crippen LogP contribution in [0, 0.1) is 11.8 Å². The maximum atomic E-state index is 14.9. The van der Waals surface area contributed by atoms with Crippen LogP contribution in [0.3, 0.4) is 0 Å². The van der Waals surface area contributed by atoms with Crippen LogP contribution in [0.4, 0.5) is 4.39 Å². The maximum Gasteiger partial charge on any atom is 0.342 e. The number of carboxylic acids is 2. The predicted molar refractivity (Wildman–Crippen MR) is 117 cm³/mol. The standard InChI is InChI=1S/C21H16Cl4FNO5/c22-11-3-1-8(5-13(11)24)16(9-2-4-12(23)14(25)6-9)32-15-7-10-17(20(10,26)18(28)29)21(15,27)19(30)31/h1-6,10,15-17H,7,27H2,(H,28,29)(H,30,31)/t10-,15-,17+,20-,21+/m1/s1. The molecule has 6 nitrogen and oxygen atoms in total. The molecule has 0 aliphatic heterocycles. The number of halogens is 5. The number of rotatable bonds is 6. The van der Waals surface area contributed by atoms with Crippen LogP contribution in [0.5, 0.6) is 0 Å². The van der Waals surface area contributed by atoms with Crippen LogP contribution >= 0.6 is 46.4 Å². The lowest BCUT2D eigenvalue weighted by atomic mass is 9.87. The van der Waals surface area contributed by atoms with Gasteiger partial charge in [0.15, 0.2) is 0 Å². The monoisotopic (exact) mass is 521 g/mol. The number of aliphatic carboxylic acids is 2. The van der Waals surface area contributed by atoms with E-state index in [1.807, 2.05) is 0 Å². The van der Waals surface area contributed by atoms with Crippen molar-refractivity contribution in [1.82, 2.24) is 0 Å². The Morgan fingerprint density at radius 3 is 1.88 bits per heavy atom. The number of alkyl halides is 1. The maximum absolute atomic E-state index is 14.9. The molecule has 0 bridgehead atoms. The molecule has 0 amide bonds. The number of fused-ring (bicyclic) bond motifs is 1. The van der Waals surface area contributed by atoms with Crippen molar-refractivity contribution in [2.24, 2.45) is 17.6 Å². The third kappa shape index (κ3) is 3.47. The Morgan fingerprint density at radius 2 is 1.47 bits per heavy atom. The van der Waals surface area contributed by atoms with Gasteiger partial charge in [-0.3, -0.25) is 4.79 Å². The van der Waals surface area contributed by atoms with E-state index in [1.54, 1.807) is 36.4 Å². The Bertz CT molecular complexity index is 1080. The van der Waals surface area contributed by atoms with E-state index < -0.39 is 47.2 Å². The first-order valence-corrected chi connectivity index (χ1v) is 10.9. The summed E-state index contributed by atoms with van der Waals surface area (Å²) in [5.74, 6) is -5.77. The van der Waals surface area contributed by atoms with Crippen LogP contribution in [0.2, 0.25) is 20.1 Å². The van der Waals surface area contributed by atoms with Crippen molar-refractivity contribution in [2.45, 2.75) is 29.8 Å². The van der Waals surface area contributed by atoms with Crippen LogP contribution in [0.1, 0.15) is 23.7 Å². The minimum Gasteiger partial charge on any atom is -0.480 e. The first-order chi connectivity index (χ1) is 14.9. The van der Waals surface area contributed by atoms with Crippen molar-refractivity contribution in [1.29, 1.82) is 0 Å². The van der Waals surface area contributed by atoms with Crippen molar-refractivity contribution in [3.05, 3.63) is 67.6 Å². The second-order valence-corrected chi connectivity index (χ2v) is 9.61. The van der Waals surface area contributed by atoms with Gasteiger partial charge in [0.25, 0.3) is 0 Å². The van der Waals surface area contributed by atoms with Crippen LogP contribution in [0.15, 0.2) is 36.4 Å². The average Bonchev–Trinajstić information content (AvgIpc) is 3.21. The number of hydrogen-bond donors (Lipinski definition) is 3. The molecule has 2 saturated carbocycles. The van der Waals surface area contributed by atoms with Gasteiger partial charge >= 0.3 is 11.9 Å². The Kier molecular flexibility index (Phi) is 5.89. The van der Waals surface area contributed by atoms with Crippen molar-refractivity contribution in [3.8, 4) is 0 Å². The van der Waals surface area contributed by atoms with Crippen LogP contribution in [0.25, 0.3) is 0 Å². The molecule has 0 radical (unpaired) electrons. The molecular weight excluding hydrogens is 507 g/mol. The second-order valence-electron chi connectivity index (χ2n) is 7.98. The van der Waals surface area contributed by atoms with Crippen LogP contribution in [-0.2, 0) is 14.3 Å². The molecule has 2 aromatic rings. The quantitative estimate of drug-likeness (QED) is 0.492. The molecule has 0 spiro atoms. The molecule has 11 heteroatoms. The van der Waals surface area contributed by atoms with E-state index in [1.165, 1.54) is 0 Å². The molecule has 0 aromatic heterocycles. The number of nitrogens with two attached hydrogens (primary N) is 1. The van der Waals surface area contributed by atoms with E-state index >= 15 is 0 Å². The largest absolute Gasteiger partial charge is 0.480 e. The predicted octanol–water partition coefficient (Wildman–Crippen LogP) is 5.00. The van der Waals surface area contributed by atoms with Crippen molar-refractivity contribution < 1.29 is 28.9 Å². The van der Waals surface area contributed by atoms with Crippen LogP contribution < -0.4 is 5.73 Å². The molecular formula is C21H16Cl4FNO5. The lowest BCUT2D eigenvalue weighted by molar-refractivity contribution is -0.157. The fourth-order valence-electron chi connectivity index (χ4n) is 4.63. The number of carboxylic acid groups (broad SMARTS) is 2. The van der Waals surface area contributed by atoms with E-state index in [0.717, 1.165) is 0 Å². The van der Waals surface area contributed by atoms with Gasteiger partial charge in [0, 0.05) is 11.8 Å². The summed E-state index contributed by atoms with van der Waals surface area (Å²) < 4.78 is 21.0. The first kappa shape index (κ1) is 23.5. The van der Waals surface area contributed by atoms with E-state index in [0.29, 0.717) is 21.2 Å². The number of carbonyl (C=O) groups is 2. The summed E-state index contributed by atoms with van der Waals surface area (Å²) in [7, 11) is 0. The smallest absolute Gasteiger partial charge is 0.342 e. The Morgan fingerprint density at radius 1 is 0.969 bits per heavy atom. The fourth-order valence-corrected chi connectivity index (χ4v) is 5.25. The third-order valence-corrected chi connectivity index (χ3v) is 7.77.